The Labute approximate surface area is 100 Å². The minimum atomic E-state index is -0.498. The number of ether oxygens (including phenoxy) is 1. The lowest BCUT2D eigenvalue weighted by Crippen LogP contribution is -2.14. The molecule has 16 heavy (non-hydrogen) atoms. The van der Waals surface area contributed by atoms with E-state index in [2.05, 4.69) is 12.0 Å². The molecule has 0 radical (unpaired) electrons. The van der Waals surface area contributed by atoms with E-state index < -0.39 is 6.10 Å². The van der Waals surface area contributed by atoms with Gasteiger partial charge in [0.1, 0.15) is 6.10 Å². The van der Waals surface area contributed by atoms with Gasteiger partial charge in [-0.05, 0) is 18.3 Å². The number of methoxy groups -OCH3 is 1. The smallest absolute Gasteiger partial charge is 0.100 e. The lowest BCUT2D eigenvalue weighted by Gasteiger charge is -2.13. The zero-order chi connectivity index (χ0) is 11.7. The number of rotatable bonds is 5. The third-order valence-corrected chi connectivity index (χ3v) is 3.49. The van der Waals surface area contributed by atoms with Crippen LogP contribution in [0.25, 0.3) is 0 Å². The second kappa shape index (κ2) is 4.73. The lowest BCUT2D eigenvalue weighted by molar-refractivity contribution is 0.130. The highest BCUT2D eigenvalue weighted by molar-refractivity contribution is 6.31. The zero-order valence-corrected chi connectivity index (χ0v) is 10.3. The predicted molar refractivity (Wildman–Crippen MR) is 61.3 cm³/mol. The van der Waals surface area contributed by atoms with Crippen LogP contribution < -0.4 is 0 Å². The van der Waals surface area contributed by atoms with Gasteiger partial charge >= 0.3 is 0 Å². The van der Waals surface area contributed by atoms with E-state index in [1.165, 1.54) is 0 Å². The lowest BCUT2D eigenvalue weighted by atomic mass is 10.1. The number of hydrogen-bond donors (Lipinski definition) is 1. The summed E-state index contributed by atoms with van der Waals surface area (Å²) in [7, 11) is 1.64. The second-order valence-electron chi connectivity index (χ2n) is 4.42. The third-order valence-electron chi connectivity index (χ3n) is 3.20. The first-order valence-electron chi connectivity index (χ1n) is 5.53. The van der Waals surface area contributed by atoms with Crippen molar-refractivity contribution in [2.75, 3.05) is 13.7 Å². The second-order valence-corrected chi connectivity index (χ2v) is 4.82. The van der Waals surface area contributed by atoms with Gasteiger partial charge in [-0.3, -0.25) is 4.68 Å². The van der Waals surface area contributed by atoms with Crippen LogP contribution >= 0.6 is 11.6 Å². The van der Waals surface area contributed by atoms with Crippen LogP contribution in [-0.2, 0) is 11.3 Å². The molecule has 90 valence electrons. The Morgan fingerprint density at radius 3 is 3.00 bits per heavy atom. The molecule has 5 heteroatoms. The average molecular weight is 245 g/mol. The Hall–Kier alpha value is -0.580. The van der Waals surface area contributed by atoms with Crippen molar-refractivity contribution in [3.63, 3.8) is 0 Å². The molecule has 0 saturated heterocycles. The normalized spacial score (nSPS) is 25.8. The van der Waals surface area contributed by atoms with Crippen molar-refractivity contribution in [1.82, 2.24) is 9.78 Å². The molecule has 0 amide bonds. The maximum atomic E-state index is 10.2. The van der Waals surface area contributed by atoms with Crippen LogP contribution in [0.1, 0.15) is 25.1 Å². The van der Waals surface area contributed by atoms with Crippen molar-refractivity contribution >= 4 is 11.6 Å². The summed E-state index contributed by atoms with van der Waals surface area (Å²) in [5, 5.41) is 14.9. The van der Waals surface area contributed by atoms with Gasteiger partial charge in [-0.15, -0.1) is 0 Å². The Morgan fingerprint density at radius 2 is 2.44 bits per heavy atom. The van der Waals surface area contributed by atoms with Gasteiger partial charge in [0, 0.05) is 7.11 Å². The number of aromatic nitrogens is 2. The molecule has 0 aromatic carbocycles. The first-order chi connectivity index (χ1) is 7.65. The first kappa shape index (κ1) is 11.9. The Kier molecular flexibility index (Phi) is 3.52. The first-order valence-corrected chi connectivity index (χ1v) is 5.91. The van der Waals surface area contributed by atoms with Gasteiger partial charge in [-0.25, -0.2) is 0 Å². The molecule has 0 aliphatic heterocycles. The Morgan fingerprint density at radius 1 is 1.75 bits per heavy atom. The number of aliphatic hydroxyl groups excluding tert-OH is 1. The van der Waals surface area contributed by atoms with E-state index in [0.717, 1.165) is 12.1 Å². The third kappa shape index (κ3) is 2.24. The number of halogens is 1. The van der Waals surface area contributed by atoms with Crippen molar-refractivity contribution in [2.45, 2.75) is 26.0 Å². The summed E-state index contributed by atoms with van der Waals surface area (Å²) in [5.74, 6) is 0.910. The molecule has 0 bridgehead atoms. The molecule has 1 aliphatic carbocycles. The molecule has 1 aromatic heterocycles. The monoisotopic (exact) mass is 244 g/mol. The fourth-order valence-electron chi connectivity index (χ4n) is 2.02. The van der Waals surface area contributed by atoms with Crippen molar-refractivity contribution in [3.05, 3.63) is 16.9 Å². The zero-order valence-electron chi connectivity index (χ0n) is 9.56. The van der Waals surface area contributed by atoms with Crippen LogP contribution in [0, 0.1) is 11.8 Å². The Bertz CT molecular complexity index is 367. The van der Waals surface area contributed by atoms with Crippen LogP contribution in [-0.4, -0.2) is 28.6 Å². The molecule has 3 atom stereocenters. The van der Waals surface area contributed by atoms with Gasteiger partial charge in [0.15, 0.2) is 0 Å². The van der Waals surface area contributed by atoms with E-state index in [0.29, 0.717) is 30.0 Å². The topological polar surface area (TPSA) is 47.3 Å². The number of nitrogens with zero attached hydrogens (tertiary/aromatic N) is 2. The molecule has 1 aliphatic rings. The van der Waals surface area contributed by atoms with E-state index >= 15 is 0 Å². The summed E-state index contributed by atoms with van der Waals surface area (Å²) < 4.78 is 6.74. The van der Waals surface area contributed by atoms with Gasteiger partial charge in [0.25, 0.3) is 0 Å². The molecule has 0 spiro atoms. The molecule has 1 fully saturated rings. The standard InChI is InChI=1S/C11H17ClN2O2/c1-7-5-8(7)11(15)10-9(12)6-13-14(10)3-4-16-2/h6-8,11,15H,3-5H2,1-2H3. The fraction of sp³-hybridized carbons (Fsp3) is 0.727. The van der Waals surface area contributed by atoms with E-state index in [9.17, 15) is 5.11 Å². The highest BCUT2D eigenvalue weighted by Gasteiger charge is 2.41. The highest BCUT2D eigenvalue weighted by Crippen LogP contribution is 2.47. The summed E-state index contributed by atoms with van der Waals surface area (Å²) in [6.07, 6.45) is 2.15. The predicted octanol–water partition coefficient (Wildman–Crippen LogP) is 1.87. The summed E-state index contributed by atoms with van der Waals surface area (Å²) in [5.41, 5.74) is 0.730. The minimum absolute atomic E-state index is 0.329. The molecule has 3 unspecified atom stereocenters. The Balaban J connectivity index is 2.14. The van der Waals surface area contributed by atoms with Crippen molar-refractivity contribution in [2.24, 2.45) is 11.8 Å². The summed E-state index contributed by atoms with van der Waals surface area (Å²) in [6.45, 7) is 3.33. The van der Waals surface area contributed by atoms with Crippen LogP contribution in [0.15, 0.2) is 6.20 Å². The van der Waals surface area contributed by atoms with E-state index in [4.69, 9.17) is 16.3 Å². The maximum Gasteiger partial charge on any atom is 0.100 e. The van der Waals surface area contributed by atoms with Gasteiger partial charge in [0.2, 0.25) is 0 Å². The molecular weight excluding hydrogens is 228 g/mol. The van der Waals surface area contributed by atoms with Gasteiger partial charge in [0.05, 0.1) is 30.1 Å². The van der Waals surface area contributed by atoms with Crippen molar-refractivity contribution in [3.8, 4) is 0 Å². The quantitative estimate of drug-likeness (QED) is 0.860. The number of aliphatic hydroxyl groups is 1. The molecular formula is C11H17ClN2O2. The molecule has 4 nitrogen and oxygen atoms in total. The van der Waals surface area contributed by atoms with Crippen LogP contribution in [0.2, 0.25) is 5.02 Å². The minimum Gasteiger partial charge on any atom is -0.386 e. The summed E-state index contributed by atoms with van der Waals surface area (Å²) >= 11 is 6.05. The van der Waals surface area contributed by atoms with E-state index in [-0.39, 0.29) is 0 Å². The van der Waals surface area contributed by atoms with Crippen molar-refractivity contribution < 1.29 is 9.84 Å². The maximum absolute atomic E-state index is 10.2. The van der Waals surface area contributed by atoms with Gasteiger partial charge in [-0.2, -0.15) is 5.10 Å². The van der Waals surface area contributed by atoms with Crippen LogP contribution in [0.4, 0.5) is 0 Å². The molecule has 1 saturated carbocycles. The SMILES string of the molecule is COCCn1ncc(Cl)c1C(O)C1CC1C. The van der Waals surface area contributed by atoms with E-state index in [1.54, 1.807) is 18.0 Å². The largest absolute Gasteiger partial charge is 0.386 e. The van der Waals surface area contributed by atoms with E-state index in [1.807, 2.05) is 0 Å². The molecule has 1 aromatic rings. The van der Waals surface area contributed by atoms with Gasteiger partial charge in [-0.1, -0.05) is 18.5 Å². The number of hydrogen-bond acceptors (Lipinski definition) is 3. The van der Waals surface area contributed by atoms with Crippen LogP contribution in [0.5, 0.6) is 0 Å². The molecule has 1 N–H and O–H groups in total. The highest BCUT2D eigenvalue weighted by atomic mass is 35.5. The van der Waals surface area contributed by atoms with Crippen LogP contribution in [0.3, 0.4) is 0 Å². The molecule has 1 heterocycles. The fourth-order valence-corrected chi connectivity index (χ4v) is 2.27. The average Bonchev–Trinajstić information content (AvgIpc) is 2.87. The van der Waals surface area contributed by atoms with Gasteiger partial charge < -0.3 is 9.84 Å². The molecule has 2 rings (SSSR count). The van der Waals surface area contributed by atoms with Crippen molar-refractivity contribution in [1.29, 1.82) is 0 Å². The summed E-state index contributed by atoms with van der Waals surface area (Å²) in [6, 6.07) is 0. The summed E-state index contributed by atoms with van der Waals surface area (Å²) in [4.78, 5) is 0.